The highest BCUT2D eigenvalue weighted by molar-refractivity contribution is 6.05. The van der Waals surface area contributed by atoms with Gasteiger partial charge in [0.15, 0.2) is 0 Å². The second-order valence-corrected chi connectivity index (χ2v) is 7.55. The summed E-state index contributed by atoms with van der Waals surface area (Å²) >= 11 is 0. The van der Waals surface area contributed by atoms with Crippen molar-refractivity contribution in [2.45, 2.75) is 39.0 Å². The van der Waals surface area contributed by atoms with Crippen LogP contribution in [0.15, 0.2) is 60.3 Å². The van der Waals surface area contributed by atoms with Gasteiger partial charge in [-0.3, -0.25) is 9.59 Å². The molecule has 2 amide bonds. The molecule has 0 aromatic heterocycles. The smallest absolute Gasteiger partial charge is 0.270 e. The van der Waals surface area contributed by atoms with Gasteiger partial charge in [-0.25, -0.2) is 0 Å². The van der Waals surface area contributed by atoms with Gasteiger partial charge < -0.3 is 10.2 Å². The summed E-state index contributed by atoms with van der Waals surface area (Å²) in [7, 11) is 0. The molecule has 2 aromatic carbocycles. The van der Waals surface area contributed by atoms with E-state index in [9.17, 15) is 9.59 Å². The Morgan fingerprint density at radius 2 is 1.57 bits per heavy atom. The molecule has 1 N–H and O–H groups in total. The van der Waals surface area contributed by atoms with Crippen molar-refractivity contribution < 1.29 is 9.59 Å². The van der Waals surface area contributed by atoms with E-state index in [2.05, 4.69) is 31.3 Å². The lowest BCUT2D eigenvalue weighted by Gasteiger charge is -2.27. The van der Waals surface area contributed by atoms with Crippen LogP contribution in [-0.4, -0.2) is 29.8 Å². The predicted molar refractivity (Wildman–Crippen MR) is 113 cm³/mol. The zero-order chi connectivity index (χ0) is 19.9. The summed E-state index contributed by atoms with van der Waals surface area (Å²) in [5.41, 5.74) is 3.01. The Morgan fingerprint density at radius 3 is 2.18 bits per heavy atom. The van der Waals surface area contributed by atoms with Crippen LogP contribution < -0.4 is 5.32 Å². The average Bonchev–Trinajstić information content (AvgIpc) is 2.74. The van der Waals surface area contributed by atoms with Gasteiger partial charge in [0.1, 0.15) is 5.70 Å². The standard InChI is InChI=1S/C24H28N2O2/c1-18(2)20-13-11-19(12-14-20)17-22(24(28)26-15-7-4-8-16-26)25-23(27)21-9-5-3-6-10-21/h3,5-6,9-14,17-18H,4,7-8,15-16H2,1-2H3,(H,25,27)/b22-17+. The Bertz CT molecular complexity index is 833. The molecule has 2 aromatic rings. The molecule has 0 radical (unpaired) electrons. The van der Waals surface area contributed by atoms with E-state index < -0.39 is 0 Å². The molecule has 4 heteroatoms. The molecule has 0 unspecified atom stereocenters. The van der Waals surface area contributed by atoms with E-state index in [0.29, 0.717) is 17.2 Å². The maximum atomic E-state index is 13.1. The number of hydrogen-bond acceptors (Lipinski definition) is 2. The Morgan fingerprint density at radius 1 is 0.929 bits per heavy atom. The number of likely N-dealkylation sites (tertiary alicyclic amines) is 1. The molecule has 1 fully saturated rings. The van der Waals surface area contributed by atoms with E-state index >= 15 is 0 Å². The van der Waals surface area contributed by atoms with E-state index in [0.717, 1.165) is 37.9 Å². The molecule has 0 bridgehead atoms. The molecule has 1 saturated heterocycles. The first kappa shape index (κ1) is 19.9. The molecule has 1 aliphatic rings. The van der Waals surface area contributed by atoms with Crippen LogP contribution in [0.3, 0.4) is 0 Å². The number of nitrogens with zero attached hydrogens (tertiary/aromatic N) is 1. The molecule has 0 saturated carbocycles. The molecule has 146 valence electrons. The minimum Gasteiger partial charge on any atom is -0.337 e. The van der Waals surface area contributed by atoms with Crippen molar-refractivity contribution in [1.29, 1.82) is 0 Å². The summed E-state index contributed by atoms with van der Waals surface area (Å²) in [5, 5.41) is 2.85. The monoisotopic (exact) mass is 376 g/mol. The first-order chi connectivity index (χ1) is 13.5. The van der Waals surface area contributed by atoms with Crippen molar-refractivity contribution in [3.05, 3.63) is 77.0 Å². The van der Waals surface area contributed by atoms with Crippen LogP contribution in [0.25, 0.3) is 6.08 Å². The minimum absolute atomic E-state index is 0.114. The lowest BCUT2D eigenvalue weighted by molar-refractivity contribution is -0.128. The van der Waals surface area contributed by atoms with Gasteiger partial charge in [0.25, 0.3) is 11.8 Å². The van der Waals surface area contributed by atoms with Gasteiger partial charge in [-0.05, 0) is 54.5 Å². The quantitative estimate of drug-likeness (QED) is 0.776. The third-order valence-electron chi connectivity index (χ3n) is 5.07. The third kappa shape index (κ3) is 5.10. The number of carbonyl (C=O) groups is 2. The highest BCUT2D eigenvalue weighted by atomic mass is 16.2. The van der Waals surface area contributed by atoms with Crippen LogP contribution >= 0.6 is 0 Å². The van der Waals surface area contributed by atoms with E-state index in [1.807, 2.05) is 35.2 Å². The Labute approximate surface area is 167 Å². The fourth-order valence-corrected chi connectivity index (χ4v) is 3.35. The summed E-state index contributed by atoms with van der Waals surface area (Å²) in [5.74, 6) is 0.0678. The van der Waals surface area contributed by atoms with Gasteiger partial charge in [-0.2, -0.15) is 0 Å². The fraction of sp³-hybridized carbons (Fsp3) is 0.333. The summed E-state index contributed by atoms with van der Waals surface area (Å²) in [6.45, 7) is 5.78. The Kier molecular flexibility index (Phi) is 6.64. The number of piperidine rings is 1. The van der Waals surface area contributed by atoms with Crippen LogP contribution in [-0.2, 0) is 4.79 Å². The maximum absolute atomic E-state index is 13.1. The highest BCUT2D eigenvalue weighted by Crippen LogP contribution is 2.18. The molecule has 28 heavy (non-hydrogen) atoms. The largest absolute Gasteiger partial charge is 0.337 e. The molecule has 1 heterocycles. The van der Waals surface area contributed by atoms with Gasteiger partial charge >= 0.3 is 0 Å². The predicted octanol–water partition coefficient (Wildman–Crippen LogP) is 4.59. The SMILES string of the molecule is CC(C)c1ccc(/C=C(/NC(=O)c2ccccc2)C(=O)N2CCCCC2)cc1. The molecular weight excluding hydrogens is 348 g/mol. The number of carbonyl (C=O) groups excluding carboxylic acids is 2. The van der Waals surface area contributed by atoms with Crippen molar-refractivity contribution in [3.8, 4) is 0 Å². The minimum atomic E-state index is -0.268. The van der Waals surface area contributed by atoms with Gasteiger partial charge in [-0.15, -0.1) is 0 Å². The van der Waals surface area contributed by atoms with Crippen LogP contribution in [0, 0.1) is 0 Å². The van der Waals surface area contributed by atoms with Crippen molar-refractivity contribution in [1.82, 2.24) is 10.2 Å². The number of rotatable bonds is 5. The molecular formula is C24H28N2O2. The Hall–Kier alpha value is -2.88. The number of amides is 2. The molecule has 0 spiro atoms. The first-order valence-electron chi connectivity index (χ1n) is 10.0. The number of nitrogens with one attached hydrogen (secondary N) is 1. The molecule has 0 atom stereocenters. The fourth-order valence-electron chi connectivity index (χ4n) is 3.35. The summed E-state index contributed by atoms with van der Waals surface area (Å²) in [6, 6.07) is 17.1. The van der Waals surface area contributed by atoms with Crippen molar-refractivity contribution in [2.75, 3.05) is 13.1 Å². The number of hydrogen-bond donors (Lipinski definition) is 1. The van der Waals surface area contributed by atoms with Crippen LogP contribution in [0.1, 0.15) is 60.5 Å². The molecule has 4 nitrogen and oxygen atoms in total. The van der Waals surface area contributed by atoms with E-state index in [4.69, 9.17) is 0 Å². The summed E-state index contributed by atoms with van der Waals surface area (Å²) in [4.78, 5) is 27.6. The van der Waals surface area contributed by atoms with Crippen molar-refractivity contribution in [2.24, 2.45) is 0 Å². The zero-order valence-electron chi connectivity index (χ0n) is 16.7. The maximum Gasteiger partial charge on any atom is 0.270 e. The first-order valence-corrected chi connectivity index (χ1v) is 10.0. The topological polar surface area (TPSA) is 49.4 Å². The van der Waals surface area contributed by atoms with Crippen LogP contribution in [0.4, 0.5) is 0 Å². The zero-order valence-corrected chi connectivity index (χ0v) is 16.7. The molecule has 0 aliphatic carbocycles. The van der Waals surface area contributed by atoms with Crippen molar-refractivity contribution >= 4 is 17.9 Å². The lowest BCUT2D eigenvalue weighted by atomic mass is 10.0. The summed E-state index contributed by atoms with van der Waals surface area (Å²) < 4.78 is 0. The highest BCUT2D eigenvalue weighted by Gasteiger charge is 2.22. The summed E-state index contributed by atoms with van der Waals surface area (Å²) in [6.07, 6.45) is 4.95. The Balaban J connectivity index is 1.86. The van der Waals surface area contributed by atoms with Gasteiger partial charge in [0.2, 0.25) is 0 Å². The van der Waals surface area contributed by atoms with Gasteiger partial charge in [0, 0.05) is 18.7 Å². The molecule has 3 rings (SSSR count). The van der Waals surface area contributed by atoms with E-state index in [-0.39, 0.29) is 11.8 Å². The normalized spacial score (nSPS) is 14.8. The van der Waals surface area contributed by atoms with Crippen LogP contribution in [0.5, 0.6) is 0 Å². The van der Waals surface area contributed by atoms with Gasteiger partial charge in [0.05, 0.1) is 0 Å². The van der Waals surface area contributed by atoms with Gasteiger partial charge in [-0.1, -0.05) is 56.3 Å². The van der Waals surface area contributed by atoms with E-state index in [1.165, 1.54) is 5.56 Å². The molecule has 1 aliphatic heterocycles. The second kappa shape index (κ2) is 9.36. The lowest BCUT2D eigenvalue weighted by Crippen LogP contribution is -2.41. The second-order valence-electron chi connectivity index (χ2n) is 7.55. The van der Waals surface area contributed by atoms with E-state index in [1.54, 1.807) is 18.2 Å². The van der Waals surface area contributed by atoms with Crippen LogP contribution in [0.2, 0.25) is 0 Å². The number of benzene rings is 2. The average molecular weight is 377 g/mol. The van der Waals surface area contributed by atoms with Crippen molar-refractivity contribution in [3.63, 3.8) is 0 Å². The third-order valence-corrected chi connectivity index (χ3v) is 5.07.